The van der Waals surface area contributed by atoms with E-state index in [4.69, 9.17) is 0 Å². The van der Waals surface area contributed by atoms with Gasteiger partial charge in [0.25, 0.3) is 0 Å². The van der Waals surface area contributed by atoms with Crippen LogP contribution in [0.2, 0.25) is 0 Å². The van der Waals surface area contributed by atoms with E-state index in [1.165, 1.54) is 17.8 Å². The van der Waals surface area contributed by atoms with Gasteiger partial charge in [0.15, 0.2) is 5.78 Å². The van der Waals surface area contributed by atoms with E-state index < -0.39 is 0 Å². The number of imidazole rings is 1. The maximum absolute atomic E-state index is 13.4. The quantitative estimate of drug-likeness (QED) is 0.734. The molecule has 0 N–H and O–H groups in total. The second kappa shape index (κ2) is 7.24. The minimum Gasteiger partial charge on any atom is -0.335 e. The fourth-order valence-corrected chi connectivity index (χ4v) is 2.70. The monoisotopic (exact) mass is 292 g/mol. The molecule has 5 heteroatoms. The molecule has 2 rings (SSSR count). The molecule has 3 nitrogen and oxygen atoms in total. The van der Waals surface area contributed by atoms with E-state index in [0.717, 1.165) is 18.8 Å². The molecule has 0 unspecified atom stereocenters. The van der Waals surface area contributed by atoms with E-state index in [-0.39, 0.29) is 17.4 Å². The number of halogens is 1. The summed E-state index contributed by atoms with van der Waals surface area (Å²) in [7, 11) is 0. The summed E-state index contributed by atoms with van der Waals surface area (Å²) in [6, 6.07) is 6.50. The number of hydrogen-bond donors (Lipinski definition) is 0. The van der Waals surface area contributed by atoms with E-state index in [9.17, 15) is 9.18 Å². The van der Waals surface area contributed by atoms with Gasteiger partial charge in [-0.15, -0.1) is 11.8 Å². The predicted octanol–water partition coefficient (Wildman–Crippen LogP) is 3.34. The van der Waals surface area contributed by atoms with Crippen LogP contribution in [-0.2, 0) is 17.8 Å². The highest BCUT2D eigenvalue weighted by Gasteiger charge is 2.10. The molecule has 2 aromatic rings. The van der Waals surface area contributed by atoms with Gasteiger partial charge in [0.2, 0.25) is 0 Å². The zero-order valence-electron chi connectivity index (χ0n) is 11.4. The number of carbonyl (C=O) groups excluding carboxylic acids is 1. The summed E-state index contributed by atoms with van der Waals surface area (Å²) < 4.78 is 15.4. The smallest absolute Gasteiger partial charge is 0.150 e. The first-order valence-corrected chi connectivity index (χ1v) is 7.58. The molecule has 0 aliphatic rings. The maximum Gasteiger partial charge on any atom is 0.150 e. The summed E-state index contributed by atoms with van der Waals surface area (Å²) in [6.45, 7) is 2.95. The Kier molecular flexibility index (Phi) is 5.35. The molecule has 0 aliphatic carbocycles. The summed E-state index contributed by atoms with van der Waals surface area (Å²) >= 11 is 1.23. The van der Waals surface area contributed by atoms with Crippen molar-refractivity contribution in [2.75, 3.05) is 5.75 Å². The Labute approximate surface area is 122 Å². The van der Waals surface area contributed by atoms with Crippen LogP contribution in [-0.4, -0.2) is 21.1 Å². The topological polar surface area (TPSA) is 34.9 Å². The molecule has 0 amide bonds. The lowest BCUT2D eigenvalue weighted by atomic mass is 10.3. The molecule has 0 saturated heterocycles. The van der Waals surface area contributed by atoms with Crippen molar-refractivity contribution < 1.29 is 9.18 Å². The first-order valence-electron chi connectivity index (χ1n) is 6.59. The zero-order valence-corrected chi connectivity index (χ0v) is 12.2. The fraction of sp³-hybridized carbons (Fsp3) is 0.333. The highest BCUT2D eigenvalue weighted by molar-refractivity contribution is 8.00. The van der Waals surface area contributed by atoms with Gasteiger partial charge < -0.3 is 4.57 Å². The van der Waals surface area contributed by atoms with Crippen LogP contribution in [0, 0.1) is 5.82 Å². The van der Waals surface area contributed by atoms with Gasteiger partial charge in [0, 0.05) is 23.8 Å². The van der Waals surface area contributed by atoms with E-state index in [1.54, 1.807) is 24.4 Å². The number of ketones is 1. The third-order valence-electron chi connectivity index (χ3n) is 2.85. The second-order valence-corrected chi connectivity index (χ2v) is 5.49. The van der Waals surface area contributed by atoms with Gasteiger partial charge in [0.05, 0.1) is 12.2 Å². The summed E-state index contributed by atoms with van der Waals surface area (Å²) in [4.78, 5) is 16.7. The summed E-state index contributed by atoms with van der Waals surface area (Å²) in [5.74, 6) is 0.825. The van der Waals surface area contributed by atoms with Crippen LogP contribution in [0.3, 0.4) is 0 Å². The summed E-state index contributed by atoms with van der Waals surface area (Å²) in [5.41, 5.74) is 0. The minimum absolute atomic E-state index is 0.0572. The largest absolute Gasteiger partial charge is 0.335 e. The van der Waals surface area contributed by atoms with Crippen molar-refractivity contribution in [3.63, 3.8) is 0 Å². The summed E-state index contributed by atoms with van der Waals surface area (Å²) in [6.07, 6.45) is 4.90. The molecule has 106 valence electrons. The number of nitrogens with zero attached hydrogens (tertiary/aromatic N) is 2. The van der Waals surface area contributed by atoms with Gasteiger partial charge in [-0.1, -0.05) is 19.1 Å². The van der Waals surface area contributed by atoms with Crippen LogP contribution < -0.4 is 0 Å². The van der Waals surface area contributed by atoms with Crippen molar-refractivity contribution in [3.05, 3.63) is 48.3 Å². The summed E-state index contributed by atoms with van der Waals surface area (Å²) in [5, 5.41) is 0. The fourth-order valence-electron chi connectivity index (χ4n) is 1.90. The van der Waals surface area contributed by atoms with Gasteiger partial charge in [-0.05, 0) is 18.6 Å². The van der Waals surface area contributed by atoms with Crippen molar-refractivity contribution >= 4 is 17.5 Å². The molecule has 0 radical (unpaired) electrons. The molecule has 1 aromatic carbocycles. The molecule has 0 aliphatic heterocycles. The van der Waals surface area contributed by atoms with Crippen molar-refractivity contribution in [3.8, 4) is 0 Å². The standard InChI is InChI=1S/C15H17FN2OS/c1-2-8-18-9-7-17-15(18)10-12(19)11-20-14-6-4-3-5-13(14)16/h3-7,9H,2,8,10-11H2,1H3. The lowest BCUT2D eigenvalue weighted by Crippen LogP contribution is -2.11. The SMILES string of the molecule is CCCn1ccnc1CC(=O)CSc1ccccc1F. The Hall–Kier alpha value is -1.62. The molecule has 0 spiro atoms. The number of aryl methyl sites for hydroxylation is 1. The van der Waals surface area contributed by atoms with Crippen LogP contribution in [0.25, 0.3) is 0 Å². The number of benzene rings is 1. The average Bonchev–Trinajstić information content (AvgIpc) is 2.86. The Morgan fingerprint density at radius 2 is 2.20 bits per heavy atom. The van der Waals surface area contributed by atoms with Gasteiger partial charge >= 0.3 is 0 Å². The molecular weight excluding hydrogens is 275 g/mol. The van der Waals surface area contributed by atoms with Gasteiger partial charge in [-0.25, -0.2) is 9.37 Å². The molecule has 0 fully saturated rings. The predicted molar refractivity (Wildman–Crippen MR) is 78.4 cm³/mol. The number of thioether (sulfide) groups is 1. The third-order valence-corrected chi connectivity index (χ3v) is 3.96. The van der Waals surface area contributed by atoms with Crippen LogP contribution in [0.4, 0.5) is 4.39 Å². The lowest BCUT2D eigenvalue weighted by molar-refractivity contribution is -0.116. The number of carbonyl (C=O) groups is 1. The Bertz CT molecular complexity index is 583. The Morgan fingerprint density at radius 3 is 2.95 bits per heavy atom. The van der Waals surface area contributed by atoms with E-state index in [2.05, 4.69) is 11.9 Å². The lowest BCUT2D eigenvalue weighted by Gasteiger charge is -2.06. The average molecular weight is 292 g/mol. The first kappa shape index (κ1) is 14.8. The Morgan fingerprint density at radius 1 is 1.40 bits per heavy atom. The highest BCUT2D eigenvalue weighted by Crippen LogP contribution is 2.21. The van der Waals surface area contributed by atoms with Crippen molar-refractivity contribution in [2.24, 2.45) is 0 Å². The van der Waals surface area contributed by atoms with Crippen molar-refractivity contribution in [1.82, 2.24) is 9.55 Å². The molecule has 0 bridgehead atoms. The zero-order chi connectivity index (χ0) is 14.4. The maximum atomic E-state index is 13.4. The van der Waals surface area contributed by atoms with E-state index >= 15 is 0 Å². The molecule has 0 atom stereocenters. The number of aromatic nitrogens is 2. The van der Waals surface area contributed by atoms with Crippen molar-refractivity contribution in [1.29, 1.82) is 0 Å². The molecule has 0 saturated carbocycles. The van der Waals surface area contributed by atoms with Crippen molar-refractivity contribution in [2.45, 2.75) is 31.2 Å². The van der Waals surface area contributed by atoms with E-state index in [0.29, 0.717) is 11.3 Å². The van der Waals surface area contributed by atoms with Crippen LogP contribution in [0.5, 0.6) is 0 Å². The number of Topliss-reactive ketones (excluding diaryl/α,β-unsaturated/α-hetero) is 1. The van der Waals surface area contributed by atoms with E-state index in [1.807, 2.05) is 10.8 Å². The highest BCUT2D eigenvalue weighted by atomic mass is 32.2. The minimum atomic E-state index is -0.280. The van der Waals surface area contributed by atoms with Crippen LogP contribution in [0.15, 0.2) is 41.6 Å². The number of hydrogen-bond acceptors (Lipinski definition) is 3. The molecule has 20 heavy (non-hydrogen) atoms. The van der Waals surface area contributed by atoms with Gasteiger partial charge in [-0.3, -0.25) is 4.79 Å². The van der Waals surface area contributed by atoms with Crippen LogP contribution >= 0.6 is 11.8 Å². The Balaban J connectivity index is 1.90. The van der Waals surface area contributed by atoms with Gasteiger partial charge in [-0.2, -0.15) is 0 Å². The van der Waals surface area contributed by atoms with Crippen LogP contribution in [0.1, 0.15) is 19.2 Å². The molecular formula is C15H17FN2OS. The molecule has 1 aromatic heterocycles. The third kappa shape index (κ3) is 3.93. The normalized spacial score (nSPS) is 10.7. The molecule has 1 heterocycles. The second-order valence-electron chi connectivity index (χ2n) is 4.47. The van der Waals surface area contributed by atoms with Gasteiger partial charge in [0.1, 0.15) is 11.6 Å². The first-order chi connectivity index (χ1) is 9.70. The number of rotatable bonds is 7.